The zero-order valence-electron chi connectivity index (χ0n) is 6.97. The van der Waals surface area contributed by atoms with Crippen molar-refractivity contribution < 1.29 is 4.74 Å². The van der Waals surface area contributed by atoms with Gasteiger partial charge in [0.1, 0.15) is 0 Å². The second-order valence-electron chi connectivity index (χ2n) is 3.03. The zero-order valence-corrected chi connectivity index (χ0v) is 6.97. The van der Waals surface area contributed by atoms with Gasteiger partial charge < -0.3 is 9.64 Å². The summed E-state index contributed by atoms with van der Waals surface area (Å²) < 4.78 is 4.98. The smallest absolute Gasteiger partial charge is 0.0589 e. The second kappa shape index (κ2) is 3.94. The summed E-state index contributed by atoms with van der Waals surface area (Å²) in [6.07, 6.45) is 1.34. The van der Waals surface area contributed by atoms with Crippen LogP contribution >= 0.6 is 0 Å². The fourth-order valence-electron chi connectivity index (χ4n) is 1.34. The van der Waals surface area contributed by atoms with Gasteiger partial charge in [-0.25, -0.2) is 0 Å². The highest BCUT2D eigenvalue weighted by atomic mass is 16.5. The quantitative estimate of drug-likeness (QED) is 0.581. The van der Waals surface area contributed by atoms with Gasteiger partial charge in [-0.05, 0) is 5.92 Å². The summed E-state index contributed by atoms with van der Waals surface area (Å²) in [6.45, 7) is 6.85. The molecule has 10 heavy (non-hydrogen) atoms. The number of likely N-dealkylation sites (tertiary alicyclic amines) is 1. The van der Waals surface area contributed by atoms with Crippen LogP contribution in [0.5, 0.6) is 0 Å². The van der Waals surface area contributed by atoms with Crippen LogP contribution in [0.15, 0.2) is 0 Å². The number of ether oxygens (including phenoxy) is 1. The minimum atomic E-state index is 0.885. The van der Waals surface area contributed by atoms with E-state index in [0.717, 1.165) is 19.1 Å². The summed E-state index contributed by atoms with van der Waals surface area (Å²) in [7, 11) is 1.76. The lowest BCUT2D eigenvalue weighted by molar-refractivity contribution is 0.0630. The van der Waals surface area contributed by atoms with Crippen molar-refractivity contribution in [3.05, 3.63) is 0 Å². The van der Waals surface area contributed by atoms with Crippen molar-refractivity contribution in [1.29, 1.82) is 0 Å². The van der Waals surface area contributed by atoms with Gasteiger partial charge in [0.2, 0.25) is 0 Å². The summed E-state index contributed by atoms with van der Waals surface area (Å²) in [5, 5.41) is 0. The molecule has 1 rings (SSSR count). The minimum Gasteiger partial charge on any atom is -0.383 e. The molecule has 0 atom stereocenters. The maximum absolute atomic E-state index is 4.98. The number of hydrogen-bond donors (Lipinski definition) is 0. The highest BCUT2D eigenvalue weighted by molar-refractivity contribution is 4.77. The predicted octanol–water partition coefficient (Wildman–Crippen LogP) is 0.975. The van der Waals surface area contributed by atoms with Gasteiger partial charge in [0.05, 0.1) is 6.61 Å². The fraction of sp³-hybridized carbons (Fsp3) is 1.00. The first kappa shape index (κ1) is 8.02. The summed E-state index contributed by atoms with van der Waals surface area (Å²) in [4.78, 5) is 2.44. The van der Waals surface area contributed by atoms with E-state index in [1.54, 1.807) is 7.11 Å². The van der Waals surface area contributed by atoms with Crippen molar-refractivity contribution in [3.63, 3.8) is 0 Å². The van der Waals surface area contributed by atoms with Crippen LogP contribution in [0.1, 0.15) is 13.3 Å². The van der Waals surface area contributed by atoms with Gasteiger partial charge in [-0.1, -0.05) is 13.3 Å². The summed E-state index contributed by atoms with van der Waals surface area (Å²) in [5.74, 6) is 0.969. The largest absolute Gasteiger partial charge is 0.383 e. The average Bonchev–Trinajstić information content (AvgIpc) is 1.86. The SMILES string of the molecule is CCC1CN(CCOC)C1. The van der Waals surface area contributed by atoms with E-state index in [9.17, 15) is 0 Å². The molecule has 60 valence electrons. The van der Waals surface area contributed by atoms with Gasteiger partial charge >= 0.3 is 0 Å². The van der Waals surface area contributed by atoms with Crippen molar-refractivity contribution in [1.82, 2.24) is 4.90 Å². The molecule has 0 aromatic heterocycles. The Balaban J connectivity index is 1.93. The van der Waals surface area contributed by atoms with Crippen molar-refractivity contribution in [2.45, 2.75) is 13.3 Å². The molecule has 0 spiro atoms. The van der Waals surface area contributed by atoms with E-state index in [4.69, 9.17) is 4.74 Å². The molecule has 1 saturated heterocycles. The topological polar surface area (TPSA) is 12.5 Å². The Bertz CT molecular complexity index is 86.5. The zero-order chi connectivity index (χ0) is 7.40. The molecule has 0 aromatic carbocycles. The fourth-order valence-corrected chi connectivity index (χ4v) is 1.34. The maximum atomic E-state index is 4.98. The molecule has 2 heteroatoms. The molecular formula is C8H17NO. The Morgan fingerprint density at radius 3 is 2.70 bits per heavy atom. The first-order valence-corrected chi connectivity index (χ1v) is 4.08. The van der Waals surface area contributed by atoms with Gasteiger partial charge in [0.25, 0.3) is 0 Å². The third kappa shape index (κ3) is 1.96. The van der Waals surface area contributed by atoms with E-state index in [1.165, 1.54) is 19.5 Å². The maximum Gasteiger partial charge on any atom is 0.0589 e. The summed E-state index contributed by atoms with van der Waals surface area (Å²) in [5.41, 5.74) is 0. The van der Waals surface area contributed by atoms with Crippen LogP contribution in [0.25, 0.3) is 0 Å². The predicted molar refractivity (Wildman–Crippen MR) is 42.1 cm³/mol. The average molecular weight is 143 g/mol. The van der Waals surface area contributed by atoms with Crippen molar-refractivity contribution in [2.75, 3.05) is 33.4 Å². The molecule has 0 amide bonds. The van der Waals surface area contributed by atoms with Gasteiger partial charge in [-0.2, -0.15) is 0 Å². The van der Waals surface area contributed by atoms with Crippen LogP contribution in [-0.4, -0.2) is 38.3 Å². The number of rotatable bonds is 4. The van der Waals surface area contributed by atoms with E-state index < -0.39 is 0 Å². The number of methoxy groups -OCH3 is 1. The van der Waals surface area contributed by atoms with E-state index in [2.05, 4.69) is 11.8 Å². The normalized spacial score (nSPS) is 21.0. The molecule has 1 fully saturated rings. The van der Waals surface area contributed by atoms with Crippen molar-refractivity contribution in [3.8, 4) is 0 Å². The second-order valence-corrected chi connectivity index (χ2v) is 3.03. The van der Waals surface area contributed by atoms with Crippen LogP contribution in [0.4, 0.5) is 0 Å². The molecule has 0 aromatic rings. The molecule has 0 radical (unpaired) electrons. The van der Waals surface area contributed by atoms with E-state index in [0.29, 0.717) is 0 Å². The molecule has 0 N–H and O–H groups in total. The molecule has 0 saturated carbocycles. The highest BCUT2D eigenvalue weighted by Crippen LogP contribution is 2.17. The Morgan fingerprint density at radius 2 is 2.20 bits per heavy atom. The first-order chi connectivity index (χ1) is 4.86. The lowest BCUT2D eigenvalue weighted by atomic mass is 9.98. The van der Waals surface area contributed by atoms with Crippen LogP contribution in [0, 0.1) is 5.92 Å². The lowest BCUT2D eigenvalue weighted by Crippen LogP contribution is -2.47. The third-order valence-corrected chi connectivity index (χ3v) is 2.22. The molecule has 1 aliphatic heterocycles. The molecule has 1 aliphatic rings. The lowest BCUT2D eigenvalue weighted by Gasteiger charge is -2.38. The molecule has 0 unspecified atom stereocenters. The summed E-state index contributed by atoms with van der Waals surface area (Å²) in [6, 6.07) is 0. The van der Waals surface area contributed by atoms with Gasteiger partial charge in [0, 0.05) is 26.7 Å². The Morgan fingerprint density at radius 1 is 1.50 bits per heavy atom. The van der Waals surface area contributed by atoms with Crippen LogP contribution < -0.4 is 0 Å². The van der Waals surface area contributed by atoms with Gasteiger partial charge in [-0.3, -0.25) is 0 Å². The standard InChI is InChI=1S/C8H17NO/c1-3-8-6-9(7-8)4-5-10-2/h8H,3-7H2,1-2H3. The van der Waals surface area contributed by atoms with E-state index >= 15 is 0 Å². The van der Waals surface area contributed by atoms with E-state index in [-0.39, 0.29) is 0 Å². The minimum absolute atomic E-state index is 0.885. The molecule has 0 aliphatic carbocycles. The van der Waals surface area contributed by atoms with Crippen molar-refractivity contribution in [2.24, 2.45) is 5.92 Å². The molecular weight excluding hydrogens is 126 g/mol. The Hall–Kier alpha value is -0.0800. The van der Waals surface area contributed by atoms with Crippen molar-refractivity contribution >= 4 is 0 Å². The monoisotopic (exact) mass is 143 g/mol. The summed E-state index contributed by atoms with van der Waals surface area (Å²) >= 11 is 0. The number of hydrogen-bond acceptors (Lipinski definition) is 2. The van der Waals surface area contributed by atoms with Crippen LogP contribution in [-0.2, 0) is 4.74 Å². The highest BCUT2D eigenvalue weighted by Gasteiger charge is 2.23. The Labute approximate surface area is 63.2 Å². The first-order valence-electron chi connectivity index (χ1n) is 4.08. The Kier molecular flexibility index (Phi) is 3.16. The van der Waals surface area contributed by atoms with Gasteiger partial charge in [-0.15, -0.1) is 0 Å². The van der Waals surface area contributed by atoms with Crippen LogP contribution in [0.3, 0.4) is 0 Å². The molecule has 1 heterocycles. The van der Waals surface area contributed by atoms with E-state index in [1.807, 2.05) is 0 Å². The molecule has 0 bridgehead atoms. The number of nitrogens with zero attached hydrogens (tertiary/aromatic N) is 1. The third-order valence-electron chi connectivity index (χ3n) is 2.22. The van der Waals surface area contributed by atoms with Crippen LogP contribution in [0.2, 0.25) is 0 Å². The van der Waals surface area contributed by atoms with Gasteiger partial charge in [0.15, 0.2) is 0 Å². The molecule has 2 nitrogen and oxygen atoms in total.